The molecule has 9 heteroatoms. The highest BCUT2D eigenvalue weighted by atomic mass is 19.4. The van der Waals surface area contributed by atoms with Crippen molar-refractivity contribution in [1.29, 1.82) is 5.26 Å². The third kappa shape index (κ3) is 4.19. The lowest BCUT2D eigenvalue weighted by molar-refractivity contribution is -0.137. The third-order valence-electron chi connectivity index (χ3n) is 6.11. The molecular formula is C20H24F3N3O3. The molecule has 1 aromatic rings. The number of benzene rings is 1. The molecule has 0 saturated carbocycles. The number of aliphatic hydroxyl groups is 1. The van der Waals surface area contributed by atoms with Crippen LogP contribution in [0.4, 0.5) is 18.9 Å². The van der Waals surface area contributed by atoms with Gasteiger partial charge in [0.25, 0.3) is 0 Å². The first-order chi connectivity index (χ1) is 13.7. The number of rotatable bonds is 5. The summed E-state index contributed by atoms with van der Waals surface area (Å²) in [6, 6.07) is 5.33. The van der Waals surface area contributed by atoms with Crippen LogP contribution in [-0.2, 0) is 15.7 Å². The molecule has 2 fully saturated rings. The van der Waals surface area contributed by atoms with Crippen LogP contribution in [-0.4, -0.2) is 62.4 Å². The molecule has 0 bridgehead atoms. The van der Waals surface area contributed by atoms with Gasteiger partial charge in [0.15, 0.2) is 0 Å². The van der Waals surface area contributed by atoms with Gasteiger partial charge in [-0.25, -0.2) is 0 Å². The minimum Gasteiger partial charge on any atom is -0.396 e. The standard InChI is InChI=1S/C20H24F3N3O3/c1-29-7-4-18(28)26-11-15-10-25(6-5-19(15,12-26)13-27)16-3-2-14(9-24)17(8-16)20(21,22)23/h2-3,8,15,27H,4-7,10-13H2,1H3/t15-,19+/m1/s1. The van der Waals surface area contributed by atoms with Crippen molar-refractivity contribution in [1.82, 2.24) is 4.90 Å². The number of hydrogen-bond acceptors (Lipinski definition) is 5. The van der Waals surface area contributed by atoms with Crippen LogP contribution in [0.2, 0.25) is 0 Å². The zero-order chi connectivity index (χ0) is 21.2. The van der Waals surface area contributed by atoms with Crippen molar-refractivity contribution in [2.75, 3.05) is 51.4 Å². The van der Waals surface area contributed by atoms with E-state index in [-0.39, 0.29) is 24.9 Å². The Morgan fingerprint density at radius 1 is 1.41 bits per heavy atom. The Morgan fingerprint density at radius 3 is 2.79 bits per heavy atom. The van der Waals surface area contributed by atoms with Crippen molar-refractivity contribution >= 4 is 11.6 Å². The number of alkyl halides is 3. The van der Waals surface area contributed by atoms with E-state index in [1.807, 2.05) is 4.90 Å². The normalized spacial score (nSPS) is 24.3. The molecule has 1 N–H and O–H groups in total. The Labute approximate surface area is 167 Å². The summed E-state index contributed by atoms with van der Waals surface area (Å²) >= 11 is 0. The molecule has 2 heterocycles. The second kappa shape index (κ2) is 8.20. The topological polar surface area (TPSA) is 76.8 Å². The number of amides is 1. The number of methoxy groups -OCH3 is 1. The molecule has 6 nitrogen and oxygen atoms in total. The molecule has 2 aliphatic heterocycles. The van der Waals surface area contributed by atoms with Crippen molar-refractivity contribution < 1.29 is 27.8 Å². The fourth-order valence-corrected chi connectivity index (χ4v) is 4.37. The number of ether oxygens (including phenoxy) is 1. The van der Waals surface area contributed by atoms with E-state index in [0.29, 0.717) is 44.9 Å². The average molecular weight is 411 g/mol. The van der Waals surface area contributed by atoms with Crippen molar-refractivity contribution in [2.24, 2.45) is 11.3 Å². The number of carbonyl (C=O) groups excluding carboxylic acids is 1. The Morgan fingerprint density at radius 2 is 2.17 bits per heavy atom. The monoisotopic (exact) mass is 411 g/mol. The van der Waals surface area contributed by atoms with E-state index in [9.17, 15) is 23.1 Å². The van der Waals surface area contributed by atoms with E-state index < -0.39 is 22.7 Å². The van der Waals surface area contributed by atoms with Crippen molar-refractivity contribution in [3.63, 3.8) is 0 Å². The number of anilines is 1. The number of carbonyl (C=O) groups is 1. The Kier molecular flexibility index (Phi) is 6.05. The molecule has 29 heavy (non-hydrogen) atoms. The molecule has 0 spiro atoms. The van der Waals surface area contributed by atoms with Gasteiger partial charge in [0.05, 0.1) is 36.8 Å². The lowest BCUT2D eigenvalue weighted by Gasteiger charge is -2.43. The van der Waals surface area contributed by atoms with Crippen LogP contribution >= 0.6 is 0 Å². The molecule has 2 atom stereocenters. The minimum atomic E-state index is -4.61. The Balaban J connectivity index is 1.80. The Hall–Kier alpha value is -2.31. The maximum Gasteiger partial charge on any atom is 0.417 e. The first-order valence-electron chi connectivity index (χ1n) is 9.48. The molecule has 1 aromatic carbocycles. The van der Waals surface area contributed by atoms with Crippen LogP contribution < -0.4 is 4.90 Å². The van der Waals surface area contributed by atoms with Crippen molar-refractivity contribution in [3.05, 3.63) is 29.3 Å². The minimum absolute atomic E-state index is 0.0432. The lowest BCUT2D eigenvalue weighted by Crippen LogP contribution is -2.49. The number of halogens is 3. The summed E-state index contributed by atoms with van der Waals surface area (Å²) in [7, 11) is 1.52. The molecule has 0 unspecified atom stereocenters. The summed E-state index contributed by atoms with van der Waals surface area (Å²) in [5, 5.41) is 19.0. The first-order valence-corrected chi connectivity index (χ1v) is 9.48. The molecular weight excluding hydrogens is 387 g/mol. The van der Waals surface area contributed by atoms with E-state index in [0.717, 1.165) is 6.07 Å². The van der Waals surface area contributed by atoms with Crippen LogP contribution in [0.5, 0.6) is 0 Å². The van der Waals surface area contributed by atoms with Gasteiger partial charge in [0, 0.05) is 50.3 Å². The van der Waals surface area contributed by atoms with E-state index in [2.05, 4.69) is 0 Å². The zero-order valence-corrected chi connectivity index (χ0v) is 16.2. The smallest absolute Gasteiger partial charge is 0.396 e. The predicted molar refractivity (Wildman–Crippen MR) is 99.1 cm³/mol. The van der Waals surface area contributed by atoms with Crippen LogP contribution in [0.15, 0.2) is 18.2 Å². The van der Waals surface area contributed by atoms with E-state index >= 15 is 0 Å². The summed E-state index contributed by atoms with van der Waals surface area (Å²) in [5.41, 5.74) is -1.39. The molecule has 3 rings (SSSR count). The highest BCUT2D eigenvalue weighted by Crippen LogP contribution is 2.44. The summed E-state index contributed by atoms with van der Waals surface area (Å²) in [5.74, 6) is -0.0870. The molecule has 2 aliphatic rings. The highest BCUT2D eigenvalue weighted by Gasteiger charge is 2.50. The summed E-state index contributed by atoms with van der Waals surface area (Å²) < 4.78 is 44.8. The number of piperidine rings is 1. The second-order valence-electron chi connectivity index (χ2n) is 7.77. The fourth-order valence-electron chi connectivity index (χ4n) is 4.37. The van der Waals surface area contributed by atoms with Gasteiger partial charge >= 0.3 is 6.18 Å². The van der Waals surface area contributed by atoms with Crippen LogP contribution in [0, 0.1) is 22.7 Å². The molecule has 1 amide bonds. The maximum absolute atomic E-state index is 13.3. The molecule has 158 valence electrons. The van der Waals surface area contributed by atoms with Gasteiger partial charge in [0.1, 0.15) is 0 Å². The van der Waals surface area contributed by atoms with Crippen molar-refractivity contribution in [2.45, 2.75) is 19.0 Å². The zero-order valence-electron chi connectivity index (χ0n) is 16.2. The number of nitriles is 1. The number of aliphatic hydroxyl groups excluding tert-OH is 1. The van der Waals surface area contributed by atoms with Gasteiger partial charge in [-0.2, -0.15) is 18.4 Å². The fraction of sp³-hybridized carbons (Fsp3) is 0.600. The van der Waals surface area contributed by atoms with Gasteiger partial charge in [0.2, 0.25) is 5.91 Å². The quantitative estimate of drug-likeness (QED) is 0.804. The van der Waals surface area contributed by atoms with Gasteiger partial charge in [-0.1, -0.05) is 0 Å². The molecule has 0 aromatic heterocycles. The average Bonchev–Trinajstić information content (AvgIpc) is 3.10. The third-order valence-corrected chi connectivity index (χ3v) is 6.11. The molecule has 0 radical (unpaired) electrons. The summed E-state index contributed by atoms with van der Waals surface area (Å²) in [6.45, 7) is 2.08. The van der Waals surface area contributed by atoms with Gasteiger partial charge < -0.3 is 19.6 Å². The number of nitrogens with zero attached hydrogens (tertiary/aromatic N) is 3. The van der Waals surface area contributed by atoms with Gasteiger partial charge in [-0.15, -0.1) is 0 Å². The summed E-state index contributed by atoms with van der Waals surface area (Å²) in [4.78, 5) is 15.9. The van der Waals surface area contributed by atoms with E-state index in [1.165, 1.54) is 19.2 Å². The highest BCUT2D eigenvalue weighted by molar-refractivity contribution is 5.76. The van der Waals surface area contributed by atoms with Crippen LogP contribution in [0.1, 0.15) is 24.0 Å². The van der Waals surface area contributed by atoms with E-state index in [4.69, 9.17) is 10.00 Å². The number of likely N-dealkylation sites (tertiary alicyclic amines) is 1. The largest absolute Gasteiger partial charge is 0.417 e. The van der Waals surface area contributed by atoms with E-state index in [1.54, 1.807) is 11.0 Å². The number of hydrogen-bond donors (Lipinski definition) is 1. The molecule has 0 aliphatic carbocycles. The predicted octanol–water partition coefficient (Wildman–Crippen LogP) is 2.26. The SMILES string of the molecule is COCCC(=O)N1C[C@H]2CN(c3ccc(C#N)c(C(F)(F)F)c3)CC[C@@]2(CO)C1. The first kappa shape index (κ1) is 21.4. The maximum atomic E-state index is 13.3. The second-order valence-corrected chi connectivity index (χ2v) is 7.77. The lowest BCUT2D eigenvalue weighted by atomic mass is 9.73. The Bertz CT molecular complexity index is 808. The summed E-state index contributed by atoms with van der Waals surface area (Å²) in [6.07, 6.45) is -3.77. The van der Waals surface area contributed by atoms with Gasteiger partial charge in [-0.3, -0.25) is 4.79 Å². The van der Waals surface area contributed by atoms with Crippen LogP contribution in [0.25, 0.3) is 0 Å². The van der Waals surface area contributed by atoms with Crippen molar-refractivity contribution in [3.8, 4) is 6.07 Å². The number of fused-ring (bicyclic) bond motifs is 1. The van der Waals surface area contributed by atoms with Crippen LogP contribution in [0.3, 0.4) is 0 Å². The van der Waals surface area contributed by atoms with Gasteiger partial charge in [-0.05, 0) is 24.6 Å². The molecule has 2 saturated heterocycles.